The van der Waals surface area contributed by atoms with Crippen molar-refractivity contribution >= 4 is 21.8 Å². The quantitative estimate of drug-likeness (QED) is 0.523. The summed E-state index contributed by atoms with van der Waals surface area (Å²) in [5.74, 6) is -2.53. The summed E-state index contributed by atoms with van der Waals surface area (Å²) in [5.41, 5.74) is -1.76. The zero-order valence-electron chi connectivity index (χ0n) is 10.9. The number of aliphatic carboxylic acids is 1. The number of carboxylic acid groups (broad SMARTS) is 1. The SMILES string of the molecule is CCCC(CCS(C)(=O)=O)(C(=O)O)C(=O)OCC. The number of hydrogen-bond donors (Lipinski definition) is 1. The van der Waals surface area contributed by atoms with Crippen LogP contribution in [0.1, 0.15) is 33.1 Å². The van der Waals surface area contributed by atoms with Gasteiger partial charge in [-0.15, -0.1) is 0 Å². The van der Waals surface area contributed by atoms with Crippen molar-refractivity contribution in [3.63, 3.8) is 0 Å². The standard InChI is InChI=1S/C11H20O6S/c1-4-6-11(9(12)13,10(14)17-5-2)7-8-18(3,15)16/h4-8H2,1-3H3,(H,12,13). The van der Waals surface area contributed by atoms with Gasteiger partial charge in [-0.05, 0) is 19.8 Å². The van der Waals surface area contributed by atoms with E-state index in [4.69, 9.17) is 4.74 Å². The Hall–Kier alpha value is -1.11. The molecule has 18 heavy (non-hydrogen) atoms. The van der Waals surface area contributed by atoms with Crippen LogP contribution < -0.4 is 0 Å². The van der Waals surface area contributed by atoms with Gasteiger partial charge in [-0.1, -0.05) is 13.3 Å². The molecule has 0 aromatic rings. The third-order valence-corrected chi connectivity index (χ3v) is 3.60. The lowest BCUT2D eigenvalue weighted by atomic mass is 9.81. The number of carboxylic acids is 1. The maximum atomic E-state index is 11.8. The van der Waals surface area contributed by atoms with Gasteiger partial charge in [0.2, 0.25) is 0 Å². The maximum Gasteiger partial charge on any atom is 0.323 e. The molecule has 0 fully saturated rings. The van der Waals surface area contributed by atoms with Crippen LogP contribution in [0, 0.1) is 5.41 Å². The molecular weight excluding hydrogens is 260 g/mol. The first-order valence-electron chi connectivity index (χ1n) is 5.78. The van der Waals surface area contributed by atoms with Crippen molar-refractivity contribution in [2.45, 2.75) is 33.1 Å². The largest absolute Gasteiger partial charge is 0.480 e. The van der Waals surface area contributed by atoms with Crippen LogP contribution in [0.2, 0.25) is 0 Å². The van der Waals surface area contributed by atoms with Gasteiger partial charge in [-0.3, -0.25) is 9.59 Å². The van der Waals surface area contributed by atoms with Gasteiger partial charge in [-0.2, -0.15) is 0 Å². The van der Waals surface area contributed by atoms with E-state index in [0.717, 1.165) is 6.26 Å². The molecule has 0 amide bonds. The average Bonchev–Trinajstić information content (AvgIpc) is 2.22. The number of rotatable bonds is 8. The number of carbonyl (C=O) groups is 2. The summed E-state index contributed by atoms with van der Waals surface area (Å²) in [4.78, 5) is 23.2. The first-order chi connectivity index (χ1) is 8.19. The molecule has 0 saturated heterocycles. The molecule has 1 unspecified atom stereocenters. The molecule has 0 aliphatic carbocycles. The molecule has 1 N–H and O–H groups in total. The Balaban J connectivity index is 5.21. The summed E-state index contributed by atoms with van der Waals surface area (Å²) in [5, 5.41) is 9.25. The highest BCUT2D eigenvalue weighted by Crippen LogP contribution is 2.31. The average molecular weight is 280 g/mol. The van der Waals surface area contributed by atoms with Gasteiger partial charge in [0.1, 0.15) is 9.84 Å². The van der Waals surface area contributed by atoms with E-state index in [2.05, 4.69) is 0 Å². The Morgan fingerprint density at radius 1 is 1.22 bits per heavy atom. The smallest absolute Gasteiger partial charge is 0.323 e. The van der Waals surface area contributed by atoms with Crippen LogP contribution in [0.15, 0.2) is 0 Å². The lowest BCUT2D eigenvalue weighted by Gasteiger charge is -2.26. The van der Waals surface area contributed by atoms with E-state index in [1.165, 1.54) is 0 Å². The highest BCUT2D eigenvalue weighted by molar-refractivity contribution is 7.90. The van der Waals surface area contributed by atoms with Crippen molar-refractivity contribution in [3.05, 3.63) is 0 Å². The van der Waals surface area contributed by atoms with Crippen LogP contribution in [0.25, 0.3) is 0 Å². The monoisotopic (exact) mass is 280 g/mol. The van der Waals surface area contributed by atoms with E-state index in [9.17, 15) is 23.1 Å². The van der Waals surface area contributed by atoms with Crippen molar-refractivity contribution in [2.24, 2.45) is 5.41 Å². The fourth-order valence-corrected chi connectivity index (χ4v) is 2.41. The lowest BCUT2D eigenvalue weighted by Crippen LogP contribution is -2.42. The molecule has 6 nitrogen and oxygen atoms in total. The molecular formula is C11H20O6S. The Kier molecular flexibility index (Phi) is 6.31. The number of hydrogen-bond acceptors (Lipinski definition) is 5. The molecule has 0 aliphatic heterocycles. The van der Waals surface area contributed by atoms with E-state index in [-0.39, 0.29) is 25.2 Å². The van der Waals surface area contributed by atoms with Crippen LogP contribution >= 0.6 is 0 Å². The van der Waals surface area contributed by atoms with Gasteiger partial charge in [0.25, 0.3) is 0 Å². The maximum absolute atomic E-state index is 11.8. The van der Waals surface area contributed by atoms with Crippen molar-refractivity contribution in [2.75, 3.05) is 18.6 Å². The van der Waals surface area contributed by atoms with Gasteiger partial charge in [0, 0.05) is 6.26 Å². The molecule has 0 aromatic carbocycles. The highest BCUT2D eigenvalue weighted by atomic mass is 32.2. The van der Waals surface area contributed by atoms with E-state index in [1.807, 2.05) is 0 Å². The normalized spacial score (nSPS) is 14.8. The fraction of sp³-hybridized carbons (Fsp3) is 0.818. The van der Waals surface area contributed by atoms with Crippen molar-refractivity contribution in [1.29, 1.82) is 0 Å². The van der Waals surface area contributed by atoms with Crippen molar-refractivity contribution in [1.82, 2.24) is 0 Å². The van der Waals surface area contributed by atoms with Crippen LogP contribution in [0.3, 0.4) is 0 Å². The van der Waals surface area contributed by atoms with E-state index >= 15 is 0 Å². The lowest BCUT2D eigenvalue weighted by molar-refractivity contribution is -0.169. The first kappa shape index (κ1) is 16.9. The molecule has 0 rings (SSSR count). The minimum atomic E-state index is -3.33. The van der Waals surface area contributed by atoms with E-state index in [0.29, 0.717) is 6.42 Å². The topological polar surface area (TPSA) is 97.7 Å². The Bertz CT molecular complexity index is 400. The third kappa shape index (κ3) is 4.64. The Morgan fingerprint density at radius 3 is 2.11 bits per heavy atom. The molecule has 7 heteroatoms. The van der Waals surface area contributed by atoms with Gasteiger partial charge >= 0.3 is 11.9 Å². The van der Waals surface area contributed by atoms with Crippen molar-refractivity contribution < 1.29 is 27.9 Å². The molecule has 0 saturated carbocycles. The van der Waals surface area contributed by atoms with Crippen LogP contribution in [-0.4, -0.2) is 44.1 Å². The van der Waals surface area contributed by atoms with E-state index < -0.39 is 27.2 Å². The minimum absolute atomic E-state index is 0.0659. The van der Waals surface area contributed by atoms with Crippen molar-refractivity contribution in [3.8, 4) is 0 Å². The third-order valence-electron chi connectivity index (χ3n) is 2.65. The van der Waals surface area contributed by atoms with Gasteiger partial charge in [0.15, 0.2) is 5.41 Å². The molecule has 0 radical (unpaired) electrons. The summed E-state index contributed by atoms with van der Waals surface area (Å²) in [6, 6.07) is 0. The number of ether oxygens (including phenoxy) is 1. The second-order valence-electron chi connectivity index (χ2n) is 4.24. The Morgan fingerprint density at radius 2 is 1.78 bits per heavy atom. The number of esters is 1. The summed E-state index contributed by atoms with van der Waals surface area (Å²) in [6.07, 6.45) is 1.27. The van der Waals surface area contributed by atoms with Gasteiger partial charge < -0.3 is 9.84 Å². The first-order valence-corrected chi connectivity index (χ1v) is 7.84. The minimum Gasteiger partial charge on any atom is -0.480 e. The molecule has 0 bridgehead atoms. The molecule has 0 aromatic heterocycles. The van der Waals surface area contributed by atoms with Gasteiger partial charge in [-0.25, -0.2) is 8.42 Å². The van der Waals surface area contributed by atoms with Crippen LogP contribution in [0.5, 0.6) is 0 Å². The molecule has 0 aliphatic rings. The zero-order chi connectivity index (χ0) is 14.4. The molecule has 0 heterocycles. The summed E-state index contributed by atoms with van der Waals surface area (Å²) in [6.45, 7) is 3.38. The predicted octanol–water partition coefficient (Wildman–Crippen LogP) is 0.855. The van der Waals surface area contributed by atoms with Gasteiger partial charge in [0.05, 0.1) is 12.4 Å². The number of carbonyl (C=O) groups excluding carboxylic acids is 1. The molecule has 1 atom stereocenters. The van der Waals surface area contributed by atoms with E-state index in [1.54, 1.807) is 13.8 Å². The van der Waals surface area contributed by atoms with Crippen LogP contribution in [-0.2, 0) is 24.2 Å². The van der Waals surface area contributed by atoms with Crippen LogP contribution in [0.4, 0.5) is 0 Å². The number of sulfone groups is 1. The highest BCUT2D eigenvalue weighted by Gasteiger charge is 2.47. The summed E-state index contributed by atoms with van der Waals surface area (Å²) >= 11 is 0. The molecule has 0 spiro atoms. The summed E-state index contributed by atoms with van der Waals surface area (Å²) in [7, 11) is -3.33. The fourth-order valence-electron chi connectivity index (χ4n) is 1.69. The second-order valence-corrected chi connectivity index (χ2v) is 6.50. The zero-order valence-corrected chi connectivity index (χ0v) is 11.7. The molecule has 106 valence electrons. The predicted molar refractivity (Wildman–Crippen MR) is 65.9 cm³/mol. The Labute approximate surface area is 107 Å². The summed E-state index contributed by atoms with van der Waals surface area (Å²) < 4.78 is 27.1. The second kappa shape index (κ2) is 6.72.